The molecule has 2 rings (SSSR count). The minimum absolute atomic E-state index is 0.0200. The Bertz CT molecular complexity index is 780. The van der Waals surface area contributed by atoms with Gasteiger partial charge in [0.25, 0.3) is 0 Å². The Morgan fingerprint density at radius 2 is 1.81 bits per heavy atom. The number of ketones is 1. The molecule has 0 bridgehead atoms. The van der Waals surface area contributed by atoms with Crippen molar-refractivity contribution in [3.8, 4) is 11.5 Å². The molecule has 0 saturated carbocycles. The van der Waals surface area contributed by atoms with Gasteiger partial charge in [0, 0.05) is 29.5 Å². The Kier molecular flexibility index (Phi) is 7.96. The highest BCUT2D eigenvalue weighted by atomic mass is 35.5. The first-order valence-corrected chi connectivity index (χ1v) is 9.62. The summed E-state index contributed by atoms with van der Waals surface area (Å²) >= 11 is 12.8. The van der Waals surface area contributed by atoms with E-state index in [2.05, 4.69) is 0 Å². The maximum atomic E-state index is 11.6. The number of Topliss-reactive ketones (excluding diaryl/α,β-unsaturated/α-hetero) is 1. The lowest BCUT2D eigenvalue weighted by Gasteiger charge is -2.14. The van der Waals surface area contributed by atoms with E-state index in [1.165, 1.54) is 0 Å². The van der Waals surface area contributed by atoms with Crippen LogP contribution in [-0.4, -0.2) is 29.2 Å². The molecule has 0 saturated heterocycles. The van der Waals surface area contributed by atoms with Gasteiger partial charge >= 0.3 is 0 Å². The van der Waals surface area contributed by atoms with Gasteiger partial charge in [0.1, 0.15) is 18.1 Å². The van der Waals surface area contributed by atoms with Crippen LogP contribution < -0.4 is 4.74 Å². The number of aliphatic hydroxyl groups excluding tert-OH is 1. The molecule has 0 radical (unpaired) electrons. The molecule has 0 unspecified atom stereocenters. The Balaban J connectivity index is 2.13. The van der Waals surface area contributed by atoms with Gasteiger partial charge in [0.15, 0.2) is 5.78 Å². The highest BCUT2D eigenvalue weighted by Crippen LogP contribution is 2.34. The fourth-order valence-electron chi connectivity index (χ4n) is 2.72. The first-order valence-electron chi connectivity index (χ1n) is 8.87. The number of aliphatic hydroxyl groups is 1. The molecule has 0 atom stereocenters. The van der Waals surface area contributed by atoms with E-state index < -0.39 is 0 Å². The van der Waals surface area contributed by atoms with Crippen LogP contribution in [0.5, 0.6) is 11.5 Å². The van der Waals surface area contributed by atoms with Crippen molar-refractivity contribution in [3.05, 3.63) is 57.1 Å². The molecule has 2 aromatic rings. The quantitative estimate of drug-likeness (QED) is 0.600. The zero-order valence-corrected chi connectivity index (χ0v) is 17.0. The third-order valence-corrected chi connectivity index (χ3v) is 4.90. The average molecular weight is 411 g/mol. The zero-order valence-electron chi connectivity index (χ0n) is 15.5. The molecular weight excluding hydrogens is 387 g/mol. The number of halogens is 2. The molecule has 2 aromatic carbocycles. The van der Waals surface area contributed by atoms with Crippen LogP contribution in [0.4, 0.5) is 0 Å². The molecule has 0 fully saturated rings. The summed E-state index contributed by atoms with van der Waals surface area (Å²) in [4.78, 5) is 11.6. The summed E-state index contributed by atoms with van der Waals surface area (Å²) in [6.07, 6.45) is 1.22. The van der Waals surface area contributed by atoms with Crippen molar-refractivity contribution in [2.75, 3.05) is 13.2 Å². The number of phenols is 1. The number of hydrogen-bond acceptors (Lipinski definition) is 4. The van der Waals surface area contributed by atoms with Gasteiger partial charge in [-0.25, -0.2) is 0 Å². The largest absolute Gasteiger partial charge is 0.508 e. The van der Waals surface area contributed by atoms with E-state index in [-0.39, 0.29) is 37.1 Å². The minimum Gasteiger partial charge on any atom is -0.508 e. The molecule has 0 amide bonds. The van der Waals surface area contributed by atoms with Crippen LogP contribution in [0.15, 0.2) is 30.3 Å². The van der Waals surface area contributed by atoms with E-state index >= 15 is 0 Å². The van der Waals surface area contributed by atoms with Crippen LogP contribution in [0.2, 0.25) is 10.0 Å². The molecule has 0 heterocycles. The lowest BCUT2D eigenvalue weighted by Crippen LogP contribution is -2.11. The summed E-state index contributed by atoms with van der Waals surface area (Å²) in [6, 6.07) is 8.77. The molecule has 0 aliphatic carbocycles. The molecule has 146 valence electrons. The van der Waals surface area contributed by atoms with Gasteiger partial charge < -0.3 is 14.9 Å². The first kappa shape index (κ1) is 21.5. The van der Waals surface area contributed by atoms with Gasteiger partial charge in [0.2, 0.25) is 0 Å². The third kappa shape index (κ3) is 6.13. The van der Waals surface area contributed by atoms with Crippen LogP contribution in [0, 0.1) is 0 Å². The van der Waals surface area contributed by atoms with Crippen LogP contribution in [0.3, 0.4) is 0 Å². The number of rotatable bonds is 9. The standard InChI is InChI=1S/C21H24Cl2O4/c1-13(2)17-8-14(5-6-21(17)26)9-18-19(22)10-16(11-20(18)23)27-12-15(25)4-3-7-24/h5-6,8,10-11,13,24,26H,3-4,7,9,12H2,1-2H3. The number of carbonyl (C=O) groups excluding carboxylic acids is 1. The molecule has 0 aromatic heterocycles. The van der Waals surface area contributed by atoms with Gasteiger partial charge in [-0.15, -0.1) is 0 Å². The van der Waals surface area contributed by atoms with Crippen molar-refractivity contribution in [3.63, 3.8) is 0 Å². The lowest BCUT2D eigenvalue weighted by atomic mass is 9.96. The van der Waals surface area contributed by atoms with E-state index in [4.69, 9.17) is 33.0 Å². The smallest absolute Gasteiger partial charge is 0.170 e. The maximum absolute atomic E-state index is 11.6. The van der Waals surface area contributed by atoms with Gasteiger partial charge in [-0.1, -0.05) is 49.2 Å². The van der Waals surface area contributed by atoms with Gasteiger partial charge in [-0.05, 0) is 47.2 Å². The SMILES string of the molecule is CC(C)c1cc(Cc2c(Cl)cc(OCC(=O)CCCO)cc2Cl)ccc1O. The summed E-state index contributed by atoms with van der Waals surface area (Å²) in [6.45, 7) is 3.94. The monoisotopic (exact) mass is 410 g/mol. The topological polar surface area (TPSA) is 66.8 Å². The summed E-state index contributed by atoms with van der Waals surface area (Å²) in [5, 5.41) is 19.6. The van der Waals surface area contributed by atoms with Gasteiger partial charge in [-0.3, -0.25) is 4.79 Å². The molecular formula is C21H24Cl2O4. The third-order valence-electron chi connectivity index (χ3n) is 4.22. The van der Waals surface area contributed by atoms with E-state index in [0.29, 0.717) is 28.6 Å². The van der Waals surface area contributed by atoms with Crippen molar-refractivity contribution in [2.45, 2.75) is 39.0 Å². The first-order chi connectivity index (χ1) is 12.8. The summed E-state index contributed by atoms with van der Waals surface area (Å²) in [5.41, 5.74) is 2.63. The van der Waals surface area contributed by atoms with Crippen molar-refractivity contribution in [1.82, 2.24) is 0 Å². The average Bonchev–Trinajstić information content (AvgIpc) is 2.62. The summed E-state index contributed by atoms with van der Waals surface area (Å²) in [5.74, 6) is 0.820. The maximum Gasteiger partial charge on any atom is 0.170 e. The number of benzene rings is 2. The normalized spacial score (nSPS) is 11.0. The Morgan fingerprint density at radius 1 is 1.15 bits per heavy atom. The second kappa shape index (κ2) is 9.98. The van der Waals surface area contributed by atoms with E-state index in [9.17, 15) is 9.90 Å². The molecule has 0 aliphatic rings. The lowest BCUT2D eigenvalue weighted by molar-refractivity contribution is -0.121. The summed E-state index contributed by atoms with van der Waals surface area (Å²) in [7, 11) is 0. The molecule has 0 aliphatic heterocycles. The van der Waals surface area contributed by atoms with E-state index in [1.54, 1.807) is 18.2 Å². The minimum atomic E-state index is -0.0920. The summed E-state index contributed by atoms with van der Waals surface area (Å²) < 4.78 is 5.46. The second-order valence-corrected chi connectivity index (χ2v) is 7.56. The highest BCUT2D eigenvalue weighted by molar-refractivity contribution is 6.36. The van der Waals surface area contributed by atoms with E-state index in [1.807, 2.05) is 26.0 Å². The number of carbonyl (C=O) groups is 1. The molecule has 0 spiro atoms. The van der Waals surface area contributed by atoms with Crippen molar-refractivity contribution in [1.29, 1.82) is 0 Å². The number of phenolic OH excluding ortho intramolecular Hbond substituents is 1. The molecule has 6 heteroatoms. The predicted octanol–water partition coefficient (Wildman–Crippen LogP) is 5.13. The fraction of sp³-hybridized carbons (Fsp3) is 0.381. The van der Waals surface area contributed by atoms with Crippen LogP contribution >= 0.6 is 23.2 Å². The highest BCUT2D eigenvalue weighted by Gasteiger charge is 2.13. The van der Waals surface area contributed by atoms with Crippen LogP contribution in [0.25, 0.3) is 0 Å². The van der Waals surface area contributed by atoms with Gasteiger partial charge in [0.05, 0.1) is 0 Å². The second-order valence-electron chi connectivity index (χ2n) is 6.74. The number of aromatic hydroxyl groups is 1. The fourth-order valence-corrected chi connectivity index (χ4v) is 3.33. The van der Waals surface area contributed by atoms with Crippen molar-refractivity contribution >= 4 is 29.0 Å². The van der Waals surface area contributed by atoms with Crippen molar-refractivity contribution < 1.29 is 19.7 Å². The van der Waals surface area contributed by atoms with Gasteiger partial charge in [-0.2, -0.15) is 0 Å². The molecule has 27 heavy (non-hydrogen) atoms. The molecule has 2 N–H and O–H groups in total. The van der Waals surface area contributed by atoms with E-state index in [0.717, 1.165) is 16.7 Å². The Labute approximate surface area is 169 Å². The van der Waals surface area contributed by atoms with Crippen LogP contribution in [-0.2, 0) is 11.2 Å². The zero-order chi connectivity index (χ0) is 20.0. The number of ether oxygens (including phenoxy) is 1. The van der Waals surface area contributed by atoms with Crippen LogP contribution in [0.1, 0.15) is 49.3 Å². The Hall–Kier alpha value is -1.75. The Morgan fingerprint density at radius 3 is 2.41 bits per heavy atom. The number of hydrogen-bond donors (Lipinski definition) is 2. The van der Waals surface area contributed by atoms with Crippen molar-refractivity contribution in [2.24, 2.45) is 0 Å². The predicted molar refractivity (Wildman–Crippen MR) is 108 cm³/mol. The molecule has 4 nitrogen and oxygen atoms in total.